The minimum absolute atomic E-state index is 0.0739. The molecule has 0 unspecified atom stereocenters. The molecule has 0 amide bonds. The molecule has 0 aliphatic heterocycles. The van der Waals surface area contributed by atoms with E-state index in [0.717, 1.165) is 6.07 Å². The highest BCUT2D eigenvalue weighted by atomic mass is 32.2. The minimum Gasteiger partial charge on any atom is -0.301 e. The number of hydrogen-bond acceptors (Lipinski definition) is 2. The van der Waals surface area contributed by atoms with Gasteiger partial charge in [0.2, 0.25) is 0 Å². The van der Waals surface area contributed by atoms with E-state index >= 15 is 0 Å². The number of rotatable bonds is 2. The lowest BCUT2D eigenvalue weighted by Gasteiger charge is -2.04. The topological polar surface area (TPSA) is 78.2 Å². The second kappa shape index (κ2) is 3.35. The number of hydrogen-bond donors (Lipinski definition) is 1. The molecule has 0 saturated carbocycles. The summed E-state index contributed by atoms with van der Waals surface area (Å²) in [5.74, 6) is 0. The summed E-state index contributed by atoms with van der Waals surface area (Å²) in [5, 5.41) is 0. The van der Waals surface area contributed by atoms with Crippen molar-refractivity contribution < 1.29 is 13.0 Å². The average molecular weight is 200 g/mol. The van der Waals surface area contributed by atoms with Crippen LogP contribution in [0.2, 0.25) is 0 Å². The first-order chi connectivity index (χ1) is 5.95. The van der Waals surface area contributed by atoms with E-state index in [1.807, 2.05) is 0 Å². The molecule has 5 heteroatoms. The van der Waals surface area contributed by atoms with Crippen LogP contribution in [-0.2, 0) is 16.5 Å². The summed E-state index contributed by atoms with van der Waals surface area (Å²) in [6.07, 6.45) is 0.509. The van der Waals surface area contributed by atoms with Gasteiger partial charge in [0.1, 0.15) is 0 Å². The maximum atomic E-state index is 10.8. The van der Waals surface area contributed by atoms with Crippen molar-refractivity contribution in [2.75, 3.05) is 0 Å². The highest BCUT2D eigenvalue weighted by Gasteiger charge is 2.14. The monoisotopic (exact) mass is 200 g/mol. The minimum atomic E-state index is -4.19. The molecule has 13 heavy (non-hydrogen) atoms. The molecule has 0 fully saturated rings. The van der Waals surface area contributed by atoms with Crippen molar-refractivity contribution in [2.24, 2.45) is 0 Å². The lowest BCUT2D eigenvalue weighted by atomic mass is 10.1. The zero-order chi connectivity index (χ0) is 10.1. The van der Waals surface area contributed by atoms with Crippen molar-refractivity contribution in [3.05, 3.63) is 23.8 Å². The molecule has 4 nitrogen and oxygen atoms in total. The Morgan fingerprint density at radius 2 is 2.08 bits per heavy atom. The third kappa shape index (κ3) is 2.19. The molecule has 1 aromatic rings. The Labute approximate surface area is 77.1 Å². The van der Waals surface area contributed by atoms with Gasteiger partial charge in [0.05, 0.1) is 10.6 Å². The summed E-state index contributed by atoms with van der Waals surface area (Å²) in [6.45, 7) is 1.79. The van der Waals surface area contributed by atoms with Gasteiger partial charge in [0.25, 0.3) is 10.1 Å². The van der Waals surface area contributed by atoms with Crippen LogP contribution in [0, 0.1) is 0 Å². The van der Waals surface area contributed by atoms with Crippen LogP contribution in [0.3, 0.4) is 0 Å². The molecule has 2 N–H and O–H groups in total. The van der Waals surface area contributed by atoms with E-state index in [1.165, 1.54) is 12.1 Å². The Hall–Kier alpha value is -1.07. The van der Waals surface area contributed by atoms with Gasteiger partial charge < -0.3 is 5.73 Å². The van der Waals surface area contributed by atoms with E-state index in [-0.39, 0.29) is 10.6 Å². The zero-order valence-corrected chi connectivity index (χ0v) is 7.93. The van der Waals surface area contributed by atoms with E-state index in [4.69, 9.17) is 10.3 Å². The summed E-state index contributed by atoms with van der Waals surface area (Å²) < 4.78 is 30.5. The highest BCUT2D eigenvalue weighted by Crippen LogP contribution is 2.19. The van der Waals surface area contributed by atoms with E-state index in [0.29, 0.717) is 12.0 Å². The summed E-state index contributed by atoms with van der Waals surface area (Å²) in [4.78, 5) is -0.164. The van der Waals surface area contributed by atoms with Crippen LogP contribution >= 0.6 is 0 Å². The molecule has 1 aromatic carbocycles. The fourth-order valence-corrected chi connectivity index (χ4v) is 1.91. The van der Waals surface area contributed by atoms with Crippen molar-refractivity contribution in [2.45, 2.75) is 18.2 Å². The molecule has 0 bridgehead atoms. The predicted molar refractivity (Wildman–Crippen MR) is 48.4 cm³/mol. The molecule has 0 aliphatic carbocycles. The van der Waals surface area contributed by atoms with Crippen molar-refractivity contribution in [1.29, 1.82) is 0 Å². The molecule has 0 atom stereocenters. The lowest BCUT2D eigenvalue weighted by molar-refractivity contribution is 0.482. The standard InChI is InChI=1S/C8H10NO3S/c1-2-6-3-4-7(9)5-8(6)13(10,11)12/h3-5,9H,2H2,1H3,(H,10,11,12). The summed E-state index contributed by atoms with van der Waals surface area (Å²) in [6, 6.07) is 4.17. The maximum absolute atomic E-state index is 10.8. The molecule has 0 aliphatic rings. The van der Waals surface area contributed by atoms with Crippen molar-refractivity contribution in [3.63, 3.8) is 0 Å². The second-order valence-electron chi connectivity index (χ2n) is 2.65. The molecule has 0 spiro atoms. The molecule has 0 aromatic heterocycles. The van der Waals surface area contributed by atoms with Crippen LogP contribution in [0.4, 0.5) is 5.69 Å². The quantitative estimate of drug-likeness (QED) is 0.733. The average Bonchev–Trinajstić information content (AvgIpc) is 2.03. The van der Waals surface area contributed by atoms with E-state index in [1.54, 1.807) is 6.92 Å². The van der Waals surface area contributed by atoms with Crippen LogP contribution in [0.1, 0.15) is 12.5 Å². The van der Waals surface area contributed by atoms with E-state index in [9.17, 15) is 8.42 Å². The Bertz CT molecular complexity index is 411. The van der Waals surface area contributed by atoms with Gasteiger partial charge in [-0.05, 0) is 24.1 Å². The molecule has 0 heterocycles. The van der Waals surface area contributed by atoms with Gasteiger partial charge >= 0.3 is 0 Å². The van der Waals surface area contributed by atoms with Gasteiger partial charge in [-0.25, -0.2) is 0 Å². The van der Waals surface area contributed by atoms with Gasteiger partial charge in [0, 0.05) is 0 Å². The third-order valence-electron chi connectivity index (χ3n) is 1.73. The zero-order valence-electron chi connectivity index (χ0n) is 7.11. The molecule has 0 saturated heterocycles. The van der Waals surface area contributed by atoms with Crippen LogP contribution in [0.25, 0.3) is 0 Å². The smallest absolute Gasteiger partial charge is 0.294 e. The molecule has 1 radical (unpaired) electrons. The molecular weight excluding hydrogens is 190 g/mol. The van der Waals surface area contributed by atoms with E-state index in [2.05, 4.69) is 0 Å². The Morgan fingerprint density at radius 3 is 2.54 bits per heavy atom. The molecule has 1 rings (SSSR count). The first-order valence-electron chi connectivity index (χ1n) is 3.77. The lowest BCUT2D eigenvalue weighted by Crippen LogP contribution is -2.02. The summed E-state index contributed by atoms with van der Waals surface area (Å²) in [7, 11) is -4.19. The fraction of sp³-hybridized carbons (Fsp3) is 0.250. The number of aryl methyl sites for hydroxylation is 1. The van der Waals surface area contributed by atoms with Crippen molar-refractivity contribution in [3.8, 4) is 0 Å². The van der Waals surface area contributed by atoms with Crippen molar-refractivity contribution in [1.82, 2.24) is 5.73 Å². The van der Waals surface area contributed by atoms with Gasteiger partial charge in [0.15, 0.2) is 0 Å². The highest BCUT2D eigenvalue weighted by molar-refractivity contribution is 7.85. The summed E-state index contributed by atoms with van der Waals surface area (Å²) >= 11 is 0. The van der Waals surface area contributed by atoms with E-state index < -0.39 is 10.1 Å². The Balaban J connectivity index is 3.41. The van der Waals surface area contributed by atoms with Gasteiger partial charge in [-0.3, -0.25) is 4.55 Å². The second-order valence-corrected chi connectivity index (χ2v) is 4.04. The molecule has 71 valence electrons. The number of nitrogens with one attached hydrogen (secondary N) is 1. The largest absolute Gasteiger partial charge is 0.301 e. The normalized spacial score (nSPS) is 11.5. The Morgan fingerprint density at radius 1 is 1.46 bits per heavy atom. The first kappa shape index (κ1) is 10.0. The first-order valence-corrected chi connectivity index (χ1v) is 5.21. The summed E-state index contributed by atoms with van der Waals surface area (Å²) in [5.41, 5.74) is 7.81. The van der Waals surface area contributed by atoms with Crippen molar-refractivity contribution >= 4 is 15.8 Å². The van der Waals surface area contributed by atoms with Crippen LogP contribution in [0.15, 0.2) is 23.1 Å². The third-order valence-corrected chi connectivity index (χ3v) is 2.66. The Kier molecular flexibility index (Phi) is 2.58. The van der Waals surface area contributed by atoms with Crippen LogP contribution < -0.4 is 5.73 Å². The SMILES string of the molecule is CCc1ccc([NH])cc1S(=O)(=O)O. The number of benzene rings is 1. The molecular formula is C8H10NO3S. The van der Waals surface area contributed by atoms with Gasteiger partial charge in [-0.2, -0.15) is 8.42 Å². The van der Waals surface area contributed by atoms with Gasteiger partial charge in [-0.15, -0.1) is 0 Å². The van der Waals surface area contributed by atoms with Gasteiger partial charge in [-0.1, -0.05) is 13.0 Å². The van der Waals surface area contributed by atoms with Crippen LogP contribution in [-0.4, -0.2) is 13.0 Å². The predicted octanol–water partition coefficient (Wildman–Crippen LogP) is 1.41. The fourth-order valence-electron chi connectivity index (χ4n) is 1.09. The maximum Gasteiger partial charge on any atom is 0.294 e. The van der Waals surface area contributed by atoms with Crippen LogP contribution in [0.5, 0.6) is 0 Å².